The standard InChI is InChI=1S/C9H16F3N/c1-3-13-8(9(10,11)12)5-4-7(2)6-8/h7,13H,3-6H2,1-2H3. The van der Waals surface area contributed by atoms with Crippen molar-refractivity contribution in [1.29, 1.82) is 0 Å². The van der Waals surface area contributed by atoms with E-state index < -0.39 is 11.7 Å². The molecule has 1 aliphatic rings. The Morgan fingerprint density at radius 2 is 2.08 bits per heavy atom. The summed E-state index contributed by atoms with van der Waals surface area (Å²) >= 11 is 0. The zero-order valence-corrected chi connectivity index (χ0v) is 8.04. The fourth-order valence-electron chi connectivity index (χ4n) is 2.15. The molecule has 0 amide bonds. The molecule has 1 aliphatic carbocycles. The van der Waals surface area contributed by atoms with E-state index in [0.29, 0.717) is 13.0 Å². The van der Waals surface area contributed by atoms with Crippen molar-refractivity contribution in [3.05, 3.63) is 0 Å². The van der Waals surface area contributed by atoms with E-state index in [9.17, 15) is 13.2 Å². The Bertz CT molecular complexity index is 174. The molecule has 2 unspecified atom stereocenters. The first-order valence-corrected chi connectivity index (χ1v) is 4.73. The van der Waals surface area contributed by atoms with Crippen LogP contribution in [0.4, 0.5) is 13.2 Å². The molecule has 0 bridgehead atoms. The molecule has 4 heteroatoms. The largest absolute Gasteiger partial charge is 0.406 e. The molecule has 13 heavy (non-hydrogen) atoms. The Morgan fingerprint density at radius 1 is 1.46 bits per heavy atom. The molecular weight excluding hydrogens is 179 g/mol. The third-order valence-electron chi connectivity index (χ3n) is 2.82. The average molecular weight is 195 g/mol. The monoisotopic (exact) mass is 195 g/mol. The van der Waals surface area contributed by atoms with Crippen LogP contribution in [0.2, 0.25) is 0 Å². The van der Waals surface area contributed by atoms with Crippen molar-refractivity contribution in [3.8, 4) is 0 Å². The second-order valence-electron chi connectivity index (χ2n) is 3.96. The van der Waals surface area contributed by atoms with Gasteiger partial charge in [-0.05, 0) is 31.7 Å². The number of hydrogen-bond donors (Lipinski definition) is 1. The normalized spacial score (nSPS) is 35.3. The lowest BCUT2D eigenvalue weighted by Gasteiger charge is -2.32. The van der Waals surface area contributed by atoms with E-state index in [1.165, 1.54) is 0 Å². The molecule has 1 saturated carbocycles. The van der Waals surface area contributed by atoms with Gasteiger partial charge in [-0.3, -0.25) is 0 Å². The minimum atomic E-state index is -4.10. The maximum atomic E-state index is 12.7. The fraction of sp³-hybridized carbons (Fsp3) is 1.00. The van der Waals surface area contributed by atoms with Gasteiger partial charge in [-0.2, -0.15) is 13.2 Å². The number of halogens is 3. The molecule has 0 radical (unpaired) electrons. The van der Waals surface area contributed by atoms with E-state index in [0.717, 1.165) is 0 Å². The molecule has 0 heterocycles. The van der Waals surface area contributed by atoms with Crippen LogP contribution >= 0.6 is 0 Å². The van der Waals surface area contributed by atoms with Crippen LogP contribution in [0.3, 0.4) is 0 Å². The van der Waals surface area contributed by atoms with Gasteiger partial charge >= 0.3 is 6.18 Å². The van der Waals surface area contributed by atoms with Crippen molar-refractivity contribution in [2.45, 2.75) is 44.8 Å². The van der Waals surface area contributed by atoms with Crippen LogP contribution in [-0.2, 0) is 0 Å². The zero-order chi connectivity index (χ0) is 10.1. The summed E-state index contributed by atoms with van der Waals surface area (Å²) in [6.07, 6.45) is -2.98. The molecule has 0 aromatic rings. The van der Waals surface area contributed by atoms with Gasteiger partial charge in [0.2, 0.25) is 0 Å². The van der Waals surface area contributed by atoms with Crippen LogP contribution in [0.25, 0.3) is 0 Å². The van der Waals surface area contributed by atoms with E-state index in [4.69, 9.17) is 0 Å². The summed E-state index contributed by atoms with van der Waals surface area (Å²) in [5.74, 6) is 0.181. The molecule has 78 valence electrons. The second-order valence-corrected chi connectivity index (χ2v) is 3.96. The molecule has 1 fully saturated rings. The molecule has 0 spiro atoms. The molecular formula is C9H16F3N. The molecule has 1 N–H and O–H groups in total. The highest BCUT2D eigenvalue weighted by Gasteiger charge is 2.56. The first-order chi connectivity index (χ1) is 5.91. The summed E-state index contributed by atoms with van der Waals surface area (Å²) in [7, 11) is 0. The number of nitrogens with one attached hydrogen (secondary N) is 1. The lowest BCUT2D eigenvalue weighted by atomic mass is 9.95. The maximum Gasteiger partial charge on any atom is 0.406 e. The summed E-state index contributed by atoms with van der Waals surface area (Å²) in [6, 6.07) is 0. The van der Waals surface area contributed by atoms with Crippen molar-refractivity contribution in [2.75, 3.05) is 6.54 Å². The van der Waals surface area contributed by atoms with E-state index in [1.54, 1.807) is 6.92 Å². The molecule has 0 aromatic carbocycles. The highest BCUT2D eigenvalue weighted by atomic mass is 19.4. The molecule has 0 saturated heterocycles. The highest BCUT2D eigenvalue weighted by Crippen LogP contribution is 2.45. The minimum absolute atomic E-state index is 0.181. The van der Waals surface area contributed by atoms with Crippen LogP contribution < -0.4 is 5.32 Å². The van der Waals surface area contributed by atoms with E-state index in [1.807, 2.05) is 6.92 Å². The van der Waals surface area contributed by atoms with Crippen molar-refractivity contribution in [2.24, 2.45) is 5.92 Å². The quantitative estimate of drug-likeness (QED) is 0.714. The van der Waals surface area contributed by atoms with Gasteiger partial charge in [-0.15, -0.1) is 0 Å². The van der Waals surface area contributed by atoms with Crippen molar-refractivity contribution in [3.63, 3.8) is 0 Å². The zero-order valence-electron chi connectivity index (χ0n) is 8.04. The Labute approximate surface area is 76.7 Å². The number of rotatable bonds is 2. The molecule has 1 rings (SSSR count). The third-order valence-corrected chi connectivity index (χ3v) is 2.82. The summed E-state index contributed by atoms with van der Waals surface area (Å²) in [4.78, 5) is 0. The fourth-order valence-corrected chi connectivity index (χ4v) is 2.15. The van der Waals surface area contributed by atoms with E-state index >= 15 is 0 Å². The smallest absolute Gasteiger partial charge is 0.304 e. The lowest BCUT2D eigenvalue weighted by Crippen LogP contribution is -2.54. The van der Waals surface area contributed by atoms with Gasteiger partial charge in [-0.25, -0.2) is 0 Å². The highest BCUT2D eigenvalue weighted by molar-refractivity contribution is 5.00. The maximum absolute atomic E-state index is 12.7. The van der Waals surface area contributed by atoms with Crippen molar-refractivity contribution in [1.82, 2.24) is 5.32 Å². The first kappa shape index (κ1) is 10.8. The lowest BCUT2D eigenvalue weighted by molar-refractivity contribution is -0.195. The summed E-state index contributed by atoms with van der Waals surface area (Å²) < 4.78 is 38.1. The Hall–Kier alpha value is -0.250. The molecule has 1 nitrogen and oxygen atoms in total. The Balaban J connectivity index is 2.77. The van der Waals surface area contributed by atoms with Gasteiger partial charge in [0, 0.05) is 0 Å². The molecule has 0 aromatic heterocycles. The number of hydrogen-bond acceptors (Lipinski definition) is 1. The number of alkyl halides is 3. The topological polar surface area (TPSA) is 12.0 Å². The van der Waals surface area contributed by atoms with E-state index in [2.05, 4.69) is 5.32 Å². The van der Waals surface area contributed by atoms with Gasteiger partial charge in [-0.1, -0.05) is 13.8 Å². The summed E-state index contributed by atoms with van der Waals surface area (Å²) in [6.45, 7) is 3.98. The predicted molar refractivity (Wildman–Crippen MR) is 45.5 cm³/mol. The van der Waals surface area contributed by atoms with Gasteiger partial charge in [0.25, 0.3) is 0 Å². The van der Waals surface area contributed by atoms with Crippen LogP contribution in [-0.4, -0.2) is 18.3 Å². The van der Waals surface area contributed by atoms with Gasteiger partial charge in [0.15, 0.2) is 0 Å². The van der Waals surface area contributed by atoms with Gasteiger partial charge < -0.3 is 5.32 Å². The van der Waals surface area contributed by atoms with Crippen LogP contribution in [0, 0.1) is 5.92 Å². The third kappa shape index (κ3) is 1.98. The van der Waals surface area contributed by atoms with Crippen LogP contribution in [0.5, 0.6) is 0 Å². The molecule has 0 aliphatic heterocycles. The average Bonchev–Trinajstić information content (AvgIpc) is 2.32. The Kier molecular flexibility index (Phi) is 2.90. The van der Waals surface area contributed by atoms with Gasteiger partial charge in [0.05, 0.1) is 0 Å². The second kappa shape index (κ2) is 3.48. The SMILES string of the molecule is CCNC1(C(F)(F)F)CCC(C)C1. The van der Waals surface area contributed by atoms with E-state index in [-0.39, 0.29) is 18.8 Å². The van der Waals surface area contributed by atoms with Crippen LogP contribution in [0.15, 0.2) is 0 Å². The first-order valence-electron chi connectivity index (χ1n) is 4.73. The summed E-state index contributed by atoms with van der Waals surface area (Å²) in [5, 5.41) is 2.60. The molecule has 2 atom stereocenters. The van der Waals surface area contributed by atoms with Crippen molar-refractivity contribution < 1.29 is 13.2 Å². The van der Waals surface area contributed by atoms with Crippen molar-refractivity contribution >= 4 is 0 Å². The van der Waals surface area contributed by atoms with Gasteiger partial charge in [0.1, 0.15) is 5.54 Å². The van der Waals surface area contributed by atoms with Crippen LogP contribution in [0.1, 0.15) is 33.1 Å². The minimum Gasteiger partial charge on any atom is -0.304 e. The predicted octanol–water partition coefficient (Wildman–Crippen LogP) is 2.72. The summed E-state index contributed by atoms with van der Waals surface area (Å²) in [5.41, 5.74) is -1.60. The Morgan fingerprint density at radius 3 is 2.38 bits per heavy atom.